The Morgan fingerprint density at radius 1 is 1.59 bits per heavy atom. The lowest BCUT2D eigenvalue weighted by atomic mass is 10.2. The summed E-state index contributed by atoms with van der Waals surface area (Å²) in [4.78, 5) is 12.1. The Balaban J connectivity index is 2.59. The molecule has 0 saturated carbocycles. The number of carbonyl (C=O) groups is 1. The molecule has 0 aromatic heterocycles. The van der Waals surface area contributed by atoms with Gasteiger partial charge in [-0.05, 0) is 25.0 Å². The fourth-order valence-electron chi connectivity index (χ4n) is 1.35. The summed E-state index contributed by atoms with van der Waals surface area (Å²) in [6.45, 7) is 2.54. The monoisotopic (exact) mass is 321 g/mol. The van der Waals surface area contributed by atoms with E-state index in [1.807, 2.05) is 0 Å². The van der Waals surface area contributed by atoms with Crippen LogP contribution in [-0.2, 0) is 0 Å². The lowest BCUT2D eigenvalue weighted by molar-refractivity contribution is 0.0949. The number of halogens is 3. The average molecular weight is 323 g/mol. The summed E-state index contributed by atoms with van der Waals surface area (Å²) in [7, 11) is 0. The van der Waals surface area contributed by atoms with E-state index in [9.17, 15) is 9.18 Å². The third kappa shape index (κ3) is 4.28. The van der Waals surface area contributed by atoms with Crippen LogP contribution in [0.15, 0.2) is 18.2 Å². The van der Waals surface area contributed by atoms with Crippen LogP contribution in [0.5, 0.6) is 0 Å². The van der Waals surface area contributed by atoms with Crippen molar-refractivity contribution < 1.29 is 9.18 Å². The van der Waals surface area contributed by atoms with Crippen molar-refractivity contribution in [2.24, 2.45) is 0 Å². The van der Waals surface area contributed by atoms with Crippen molar-refractivity contribution in [2.45, 2.75) is 24.6 Å². The summed E-state index contributed by atoms with van der Waals surface area (Å²) in [5, 5.41) is 2.79. The number of carbonyl (C=O) groups excluding carboxylic acids is 1. The van der Waals surface area contributed by atoms with E-state index in [4.69, 9.17) is 11.6 Å². The van der Waals surface area contributed by atoms with Crippen molar-refractivity contribution in [2.75, 3.05) is 6.54 Å². The zero-order chi connectivity index (χ0) is 12.8. The van der Waals surface area contributed by atoms with Gasteiger partial charge in [-0.2, -0.15) is 0 Å². The first-order valence-corrected chi connectivity index (χ1v) is 6.72. The summed E-state index contributed by atoms with van der Waals surface area (Å²) in [5.41, 5.74) is -0.0863. The molecule has 0 saturated heterocycles. The minimum atomic E-state index is -0.596. The van der Waals surface area contributed by atoms with Gasteiger partial charge in [-0.1, -0.05) is 40.5 Å². The number of amides is 1. The highest BCUT2D eigenvalue weighted by Gasteiger charge is 2.15. The van der Waals surface area contributed by atoms with Crippen LogP contribution in [0.25, 0.3) is 0 Å². The minimum absolute atomic E-state index is 0.0863. The molecule has 0 heterocycles. The van der Waals surface area contributed by atoms with Crippen LogP contribution in [0.4, 0.5) is 4.39 Å². The van der Waals surface area contributed by atoms with Gasteiger partial charge in [0.1, 0.15) is 5.82 Å². The standard InChI is InChI=1S/C12H14BrClFNO/c1-2-8(13)6-7-16-12(17)11-9(14)4-3-5-10(11)15/h3-5,8H,2,6-7H2,1H3,(H,16,17). The zero-order valence-corrected chi connectivity index (χ0v) is 11.8. The molecule has 2 nitrogen and oxygen atoms in total. The van der Waals surface area contributed by atoms with Gasteiger partial charge in [-0.25, -0.2) is 4.39 Å². The quantitative estimate of drug-likeness (QED) is 0.821. The molecule has 1 atom stereocenters. The molecule has 1 rings (SSSR count). The van der Waals surface area contributed by atoms with Crippen LogP contribution in [0.1, 0.15) is 30.1 Å². The first-order chi connectivity index (χ1) is 8.06. The van der Waals surface area contributed by atoms with Crippen LogP contribution in [0.2, 0.25) is 5.02 Å². The fraction of sp³-hybridized carbons (Fsp3) is 0.417. The van der Waals surface area contributed by atoms with Crippen molar-refractivity contribution >= 4 is 33.4 Å². The molecule has 17 heavy (non-hydrogen) atoms. The van der Waals surface area contributed by atoms with Gasteiger partial charge in [0.2, 0.25) is 0 Å². The predicted octanol–water partition coefficient (Wildman–Crippen LogP) is 3.77. The second kappa shape index (κ2) is 6.97. The van der Waals surface area contributed by atoms with Crippen LogP contribution in [-0.4, -0.2) is 17.3 Å². The normalized spacial score (nSPS) is 12.2. The zero-order valence-electron chi connectivity index (χ0n) is 9.47. The highest BCUT2D eigenvalue weighted by molar-refractivity contribution is 9.09. The Labute approximate surface area is 114 Å². The Morgan fingerprint density at radius 2 is 2.29 bits per heavy atom. The molecular weight excluding hydrogens is 308 g/mol. The summed E-state index contributed by atoms with van der Waals surface area (Å²) in [5.74, 6) is -1.07. The van der Waals surface area contributed by atoms with E-state index in [0.717, 1.165) is 12.8 Å². The molecule has 1 N–H and O–H groups in total. The molecule has 1 amide bonds. The van der Waals surface area contributed by atoms with E-state index >= 15 is 0 Å². The number of benzene rings is 1. The van der Waals surface area contributed by atoms with Crippen LogP contribution >= 0.6 is 27.5 Å². The summed E-state index contributed by atoms with van der Waals surface area (Å²) < 4.78 is 13.4. The summed E-state index contributed by atoms with van der Waals surface area (Å²) in [6.07, 6.45) is 1.78. The second-order valence-corrected chi connectivity index (χ2v) is 5.35. The summed E-state index contributed by atoms with van der Waals surface area (Å²) in [6, 6.07) is 4.19. The minimum Gasteiger partial charge on any atom is -0.352 e. The average Bonchev–Trinajstić information content (AvgIpc) is 2.28. The van der Waals surface area contributed by atoms with Gasteiger partial charge < -0.3 is 5.32 Å². The van der Waals surface area contributed by atoms with Gasteiger partial charge in [0, 0.05) is 11.4 Å². The van der Waals surface area contributed by atoms with E-state index in [0.29, 0.717) is 11.4 Å². The molecule has 0 aliphatic heterocycles. The predicted molar refractivity (Wildman–Crippen MR) is 71.4 cm³/mol. The molecule has 0 aliphatic carbocycles. The molecule has 0 radical (unpaired) electrons. The molecule has 1 unspecified atom stereocenters. The number of hydrogen-bond donors (Lipinski definition) is 1. The van der Waals surface area contributed by atoms with Gasteiger partial charge in [-0.15, -0.1) is 0 Å². The first-order valence-electron chi connectivity index (χ1n) is 5.42. The third-order valence-corrected chi connectivity index (χ3v) is 3.80. The van der Waals surface area contributed by atoms with Crippen molar-refractivity contribution in [3.05, 3.63) is 34.6 Å². The number of rotatable bonds is 5. The molecular formula is C12H14BrClFNO. The van der Waals surface area contributed by atoms with Gasteiger partial charge in [0.05, 0.1) is 10.6 Å². The number of alkyl halides is 1. The maximum atomic E-state index is 13.4. The highest BCUT2D eigenvalue weighted by atomic mass is 79.9. The van der Waals surface area contributed by atoms with Crippen molar-refractivity contribution in [3.8, 4) is 0 Å². The van der Waals surface area contributed by atoms with Crippen molar-refractivity contribution in [1.29, 1.82) is 0 Å². The van der Waals surface area contributed by atoms with Gasteiger partial charge >= 0.3 is 0 Å². The Bertz CT molecular complexity index is 380. The number of hydrogen-bond acceptors (Lipinski definition) is 1. The van der Waals surface area contributed by atoms with Gasteiger partial charge in [-0.3, -0.25) is 4.79 Å². The largest absolute Gasteiger partial charge is 0.352 e. The lowest BCUT2D eigenvalue weighted by Crippen LogP contribution is -2.27. The Kier molecular flexibility index (Phi) is 5.92. The molecule has 1 aromatic carbocycles. The van der Waals surface area contributed by atoms with Gasteiger partial charge in [0.25, 0.3) is 5.91 Å². The van der Waals surface area contributed by atoms with E-state index in [1.165, 1.54) is 18.2 Å². The van der Waals surface area contributed by atoms with Crippen LogP contribution < -0.4 is 5.32 Å². The lowest BCUT2D eigenvalue weighted by Gasteiger charge is -2.09. The Hall–Kier alpha value is -0.610. The molecule has 1 aromatic rings. The van der Waals surface area contributed by atoms with E-state index < -0.39 is 11.7 Å². The highest BCUT2D eigenvalue weighted by Crippen LogP contribution is 2.18. The molecule has 5 heteroatoms. The smallest absolute Gasteiger partial charge is 0.255 e. The van der Waals surface area contributed by atoms with E-state index in [1.54, 1.807) is 0 Å². The third-order valence-electron chi connectivity index (χ3n) is 2.38. The molecule has 0 fully saturated rings. The molecule has 94 valence electrons. The molecule has 0 spiro atoms. The van der Waals surface area contributed by atoms with Gasteiger partial charge in [0.15, 0.2) is 0 Å². The SMILES string of the molecule is CCC(Br)CCNC(=O)c1c(F)cccc1Cl. The van der Waals surface area contributed by atoms with Crippen molar-refractivity contribution in [1.82, 2.24) is 5.32 Å². The van der Waals surface area contributed by atoms with E-state index in [-0.39, 0.29) is 10.6 Å². The topological polar surface area (TPSA) is 29.1 Å². The van der Waals surface area contributed by atoms with Crippen LogP contribution in [0, 0.1) is 5.82 Å². The first kappa shape index (κ1) is 14.5. The van der Waals surface area contributed by atoms with Crippen molar-refractivity contribution in [3.63, 3.8) is 0 Å². The molecule has 0 aliphatic rings. The summed E-state index contributed by atoms with van der Waals surface area (Å²) >= 11 is 9.24. The van der Waals surface area contributed by atoms with E-state index in [2.05, 4.69) is 28.2 Å². The maximum Gasteiger partial charge on any atom is 0.255 e. The molecule has 0 bridgehead atoms. The Morgan fingerprint density at radius 3 is 2.88 bits per heavy atom. The fourth-order valence-corrected chi connectivity index (χ4v) is 1.83. The maximum absolute atomic E-state index is 13.4. The number of nitrogens with one attached hydrogen (secondary N) is 1. The second-order valence-electron chi connectivity index (χ2n) is 3.65. The van der Waals surface area contributed by atoms with Crippen LogP contribution in [0.3, 0.4) is 0 Å².